The summed E-state index contributed by atoms with van der Waals surface area (Å²) in [6.45, 7) is 0.583. The van der Waals surface area contributed by atoms with Crippen LogP contribution in [0, 0.1) is 0 Å². The zero-order valence-corrected chi connectivity index (χ0v) is 13.6. The lowest BCUT2D eigenvalue weighted by Crippen LogP contribution is -2.25. The zero-order valence-electron chi connectivity index (χ0n) is 12.9. The maximum absolute atomic E-state index is 12.3. The molecule has 0 aliphatic carbocycles. The van der Waals surface area contributed by atoms with Crippen molar-refractivity contribution in [3.05, 3.63) is 71.0 Å². The predicted molar refractivity (Wildman–Crippen MR) is 91.3 cm³/mol. The standard InChI is InChI=1S/C17H16ClN5O/c18-16-9-8-14(23-12-20-21-22-23)11-15(16)17(24)19-10-4-7-13-5-2-1-3-6-13/h1-3,5-6,8-9,11-12H,4,7,10H2,(H,19,24). The van der Waals surface area contributed by atoms with E-state index in [9.17, 15) is 4.79 Å². The van der Waals surface area contributed by atoms with E-state index in [1.54, 1.807) is 18.2 Å². The lowest BCUT2D eigenvalue weighted by molar-refractivity contribution is 0.0953. The highest BCUT2D eigenvalue weighted by Gasteiger charge is 2.12. The van der Waals surface area contributed by atoms with Crippen molar-refractivity contribution in [1.29, 1.82) is 0 Å². The largest absolute Gasteiger partial charge is 0.352 e. The van der Waals surface area contributed by atoms with Crippen LogP contribution in [0.25, 0.3) is 5.69 Å². The minimum absolute atomic E-state index is 0.206. The Balaban J connectivity index is 1.59. The number of carbonyl (C=O) groups is 1. The Morgan fingerprint density at radius 2 is 2.00 bits per heavy atom. The third-order valence-corrected chi connectivity index (χ3v) is 3.91. The van der Waals surface area contributed by atoms with Crippen LogP contribution in [0.1, 0.15) is 22.3 Å². The van der Waals surface area contributed by atoms with Gasteiger partial charge in [0.25, 0.3) is 5.91 Å². The summed E-state index contributed by atoms with van der Waals surface area (Å²) < 4.78 is 1.47. The fourth-order valence-corrected chi connectivity index (χ4v) is 2.55. The number of hydrogen-bond acceptors (Lipinski definition) is 4. The van der Waals surface area contributed by atoms with E-state index in [0.717, 1.165) is 12.8 Å². The highest BCUT2D eigenvalue weighted by molar-refractivity contribution is 6.33. The summed E-state index contributed by atoms with van der Waals surface area (Å²) in [5.41, 5.74) is 2.34. The van der Waals surface area contributed by atoms with Gasteiger partial charge in [0.2, 0.25) is 0 Å². The van der Waals surface area contributed by atoms with Crippen LogP contribution in [0.2, 0.25) is 5.02 Å². The smallest absolute Gasteiger partial charge is 0.252 e. The second-order valence-corrected chi connectivity index (χ2v) is 5.67. The number of benzene rings is 2. The Bertz CT molecular complexity index is 805. The van der Waals surface area contributed by atoms with Crippen molar-refractivity contribution in [2.24, 2.45) is 0 Å². The molecule has 3 aromatic rings. The molecule has 6 nitrogen and oxygen atoms in total. The van der Waals surface area contributed by atoms with E-state index in [-0.39, 0.29) is 5.91 Å². The average Bonchev–Trinajstić information content (AvgIpc) is 3.14. The molecular formula is C17H16ClN5O. The van der Waals surface area contributed by atoms with Crippen LogP contribution in [0.15, 0.2) is 54.9 Å². The number of rotatable bonds is 6. The molecular weight excluding hydrogens is 326 g/mol. The first-order chi connectivity index (χ1) is 11.7. The Morgan fingerprint density at radius 3 is 2.75 bits per heavy atom. The number of nitrogens with one attached hydrogen (secondary N) is 1. The van der Waals surface area contributed by atoms with Gasteiger partial charge >= 0.3 is 0 Å². The summed E-state index contributed by atoms with van der Waals surface area (Å²) >= 11 is 6.14. The molecule has 1 N–H and O–H groups in total. The van der Waals surface area contributed by atoms with Crippen molar-refractivity contribution in [2.75, 3.05) is 6.54 Å². The summed E-state index contributed by atoms with van der Waals surface area (Å²) in [6, 6.07) is 15.3. The van der Waals surface area contributed by atoms with Gasteiger partial charge in [0, 0.05) is 6.54 Å². The van der Waals surface area contributed by atoms with E-state index in [2.05, 4.69) is 33.0 Å². The molecule has 1 amide bonds. The van der Waals surface area contributed by atoms with Crippen LogP contribution in [0.3, 0.4) is 0 Å². The van der Waals surface area contributed by atoms with Crippen molar-refractivity contribution in [3.8, 4) is 5.69 Å². The Morgan fingerprint density at radius 1 is 1.17 bits per heavy atom. The van der Waals surface area contributed by atoms with Crippen LogP contribution < -0.4 is 5.32 Å². The minimum Gasteiger partial charge on any atom is -0.352 e. The van der Waals surface area contributed by atoms with E-state index in [1.807, 2.05) is 18.2 Å². The number of nitrogens with zero attached hydrogens (tertiary/aromatic N) is 4. The van der Waals surface area contributed by atoms with E-state index in [1.165, 1.54) is 16.6 Å². The molecule has 0 atom stereocenters. The summed E-state index contributed by atoms with van der Waals surface area (Å²) in [7, 11) is 0. The zero-order chi connectivity index (χ0) is 16.8. The first kappa shape index (κ1) is 16.1. The van der Waals surface area contributed by atoms with Gasteiger partial charge in [-0.15, -0.1) is 5.10 Å². The molecule has 0 aliphatic heterocycles. The first-order valence-electron chi connectivity index (χ1n) is 7.59. The van der Waals surface area contributed by atoms with E-state index >= 15 is 0 Å². The quantitative estimate of drug-likeness (QED) is 0.700. The number of hydrogen-bond donors (Lipinski definition) is 1. The van der Waals surface area contributed by atoms with E-state index in [0.29, 0.717) is 22.8 Å². The van der Waals surface area contributed by atoms with Crippen LogP contribution in [-0.2, 0) is 6.42 Å². The number of aromatic nitrogens is 4. The van der Waals surface area contributed by atoms with Gasteiger partial charge in [-0.3, -0.25) is 4.79 Å². The van der Waals surface area contributed by atoms with Crippen LogP contribution >= 0.6 is 11.6 Å². The number of halogens is 1. The Hall–Kier alpha value is -2.73. The van der Waals surface area contributed by atoms with Crippen molar-refractivity contribution in [1.82, 2.24) is 25.5 Å². The Kier molecular flexibility index (Phi) is 5.18. The molecule has 0 saturated heterocycles. The van der Waals surface area contributed by atoms with Gasteiger partial charge in [-0.1, -0.05) is 41.9 Å². The molecule has 0 spiro atoms. The second-order valence-electron chi connectivity index (χ2n) is 5.26. The maximum atomic E-state index is 12.3. The van der Waals surface area contributed by atoms with Crippen molar-refractivity contribution in [2.45, 2.75) is 12.8 Å². The van der Waals surface area contributed by atoms with Crippen molar-refractivity contribution < 1.29 is 4.79 Å². The van der Waals surface area contributed by atoms with Crippen molar-refractivity contribution >= 4 is 17.5 Å². The molecule has 0 fully saturated rings. The summed E-state index contributed by atoms with van der Waals surface area (Å²) in [4.78, 5) is 12.3. The van der Waals surface area contributed by atoms with Gasteiger partial charge in [-0.25, -0.2) is 4.68 Å². The molecule has 24 heavy (non-hydrogen) atoms. The number of amides is 1. The maximum Gasteiger partial charge on any atom is 0.252 e. The molecule has 1 heterocycles. The van der Waals surface area contributed by atoms with Gasteiger partial charge in [0.05, 0.1) is 16.3 Å². The van der Waals surface area contributed by atoms with Crippen LogP contribution in [0.5, 0.6) is 0 Å². The predicted octanol–water partition coefficient (Wildman–Crippen LogP) is 2.68. The monoisotopic (exact) mass is 341 g/mol. The van der Waals surface area contributed by atoms with E-state index < -0.39 is 0 Å². The van der Waals surface area contributed by atoms with Crippen LogP contribution in [0.4, 0.5) is 0 Å². The van der Waals surface area contributed by atoms with Crippen molar-refractivity contribution in [3.63, 3.8) is 0 Å². The molecule has 0 unspecified atom stereocenters. The normalized spacial score (nSPS) is 10.5. The molecule has 2 aromatic carbocycles. The SMILES string of the molecule is O=C(NCCCc1ccccc1)c1cc(-n2cnnn2)ccc1Cl. The fraction of sp³-hybridized carbons (Fsp3) is 0.176. The molecule has 3 rings (SSSR count). The lowest BCUT2D eigenvalue weighted by atomic mass is 10.1. The third kappa shape index (κ3) is 3.97. The van der Waals surface area contributed by atoms with Gasteiger partial charge in [-0.05, 0) is 47.0 Å². The lowest BCUT2D eigenvalue weighted by Gasteiger charge is -2.08. The molecule has 1 aromatic heterocycles. The van der Waals surface area contributed by atoms with Gasteiger partial charge in [-0.2, -0.15) is 0 Å². The fourth-order valence-electron chi connectivity index (χ4n) is 2.34. The molecule has 122 valence electrons. The summed E-state index contributed by atoms with van der Waals surface area (Å²) in [6.07, 6.45) is 3.24. The summed E-state index contributed by atoms with van der Waals surface area (Å²) in [5.74, 6) is -0.206. The molecule has 0 bridgehead atoms. The minimum atomic E-state index is -0.206. The number of carbonyl (C=O) groups excluding carboxylic acids is 1. The summed E-state index contributed by atoms with van der Waals surface area (Å²) in [5, 5.41) is 14.3. The molecule has 7 heteroatoms. The third-order valence-electron chi connectivity index (χ3n) is 3.58. The van der Waals surface area contributed by atoms with E-state index in [4.69, 9.17) is 11.6 Å². The van der Waals surface area contributed by atoms with Gasteiger partial charge < -0.3 is 5.32 Å². The average molecular weight is 342 g/mol. The number of tetrazole rings is 1. The highest BCUT2D eigenvalue weighted by Crippen LogP contribution is 2.19. The second kappa shape index (κ2) is 7.70. The topological polar surface area (TPSA) is 72.7 Å². The highest BCUT2D eigenvalue weighted by atomic mass is 35.5. The number of aryl methyl sites for hydroxylation is 1. The van der Waals surface area contributed by atoms with Gasteiger partial charge in [0.15, 0.2) is 0 Å². The molecule has 0 radical (unpaired) electrons. The molecule has 0 saturated carbocycles. The molecule has 0 aliphatic rings. The van der Waals surface area contributed by atoms with Crippen LogP contribution in [-0.4, -0.2) is 32.7 Å². The van der Waals surface area contributed by atoms with Gasteiger partial charge in [0.1, 0.15) is 6.33 Å². The Labute approximate surface area is 144 Å². The first-order valence-corrected chi connectivity index (χ1v) is 7.97.